The topological polar surface area (TPSA) is 102 Å². The number of rotatable bonds is 6. The summed E-state index contributed by atoms with van der Waals surface area (Å²) in [6.07, 6.45) is -0.583. The molecule has 0 aliphatic heterocycles. The van der Waals surface area contributed by atoms with Gasteiger partial charge in [0.25, 0.3) is 0 Å². The minimum atomic E-state index is -1.32. The number of amides is 1. The molecule has 0 bridgehead atoms. The van der Waals surface area contributed by atoms with Crippen LogP contribution >= 0.6 is 0 Å². The van der Waals surface area contributed by atoms with Crippen LogP contribution in [-0.4, -0.2) is 36.7 Å². The highest BCUT2D eigenvalue weighted by molar-refractivity contribution is 6.00. The number of para-hydroxylation sites is 1. The Bertz CT molecular complexity index is 475. The number of carbonyl (C=O) groups is 2. The lowest BCUT2D eigenvalue weighted by Gasteiger charge is -2.14. The molecule has 1 unspecified atom stereocenters. The summed E-state index contributed by atoms with van der Waals surface area (Å²) in [5, 5.41) is 11.1. The van der Waals surface area contributed by atoms with E-state index in [9.17, 15) is 14.0 Å². The van der Waals surface area contributed by atoms with Crippen LogP contribution in [0.3, 0.4) is 0 Å². The first kappa shape index (κ1) is 15.1. The molecular weight excluding hydrogens is 255 g/mol. The second kappa shape index (κ2) is 6.81. The van der Waals surface area contributed by atoms with Crippen LogP contribution in [0.2, 0.25) is 0 Å². The summed E-state index contributed by atoms with van der Waals surface area (Å²) < 4.78 is 18.5. The predicted octanol–water partition coefficient (Wildman–Crippen LogP) is 0.826. The maximum Gasteiger partial charge on any atom is 0.337 e. The summed E-state index contributed by atoms with van der Waals surface area (Å²) in [5.74, 6) is -2.70. The first-order valence-electron chi connectivity index (χ1n) is 5.54. The molecule has 1 rings (SSSR count). The third kappa shape index (κ3) is 4.01. The lowest BCUT2D eigenvalue weighted by Crippen LogP contribution is -2.28. The number of anilines is 1. The maximum atomic E-state index is 13.5. The van der Waals surface area contributed by atoms with Crippen LogP contribution < -0.4 is 11.1 Å². The molecule has 0 aliphatic rings. The molecule has 7 heteroatoms. The Balaban J connectivity index is 2.87. The average molecular weight is 270 g/mol. The number of hydrogen-bond donors (Lipinski definition) is 3. The van der Waals surface area contributed by atoms with E-state index in [0.717, 1.165) is 6.07 Å². The first-order valence-corrected chi connectivity index (χ1v) is 5.54. The Morgan fingerprint density at radius 2 is 2.21 bits per heavy atom. The Labute approximate surface area is 109 Å². The number of nitrogens with two attached hydrogens (primary N) is 1. The number of benzene rings is 1. The molecule has 0 saturated heterocycles. The molecule has 104 valence electrons. The Kier molecular flexibility index (Phi) is 5.40. The number of nitrogens with one attached hydrogen (secondary N) is 1. The molecule has 1 amide bonds. The number of methoxy groups -OCH3 is 1. The van der Waals surface area contributed by atoms with E-state index in [1.165, 1.54) is 19.2 Å². The number of carbonyl (C=O) groups excluding carboxylic acids is 1. The van der Waals surface area contributed by atoms with Crippen LogP contribution in [0.1, 0.15) is 16.8 Å². The minimum Gasteiger partial charge on any atom is -0.478 e. The van der Waals surface area contributed by atoms with E-state index in [0.29, 0.717) is 0 Å². The zero-order valence-electron chi connectivity index (χ0n) is 10.4. The quantitative estimate of drug-likeness (QED) is 0.710. The molecule has 0 radical (unpaired) electrons. The second-order valence-corrected chi connectivity index (χ2v) is 3.81. The largest absolute Gasteiger partial charge is 0.478 e. The van der Waals surface area contributed by atoms with Crippen molar-refractivity contribution in [2.45, 2.75) is 12.5 Å². The summed E-state index contributed by atoms with van der Waals surface area (Å²) in [6, 6.07) is 3.53. The smallest absolute Gasteiger partial charge is 0.337 e. The zero-order valence-corrected chi connectivity index (χ0v) is 10.4. The molecule has 0 aliphatic carbocycles. The standard InChI is InChI=1S/C12H15FN2O4/c1-19-7(6-14)5-10(16)15-11-8(12(17)18)3-2-4-9(11)13/h2-4,7H,5-6,14H2,1H3,(H,15,16)(H,17,18). The summed E-state index contributed by atoms with van der Waals surface area (Å²) in [6.45, 7) is 0.132. The van der Waals surface area contributed by atoms with Gasteiger partial charge in [-0.2, -0.15) is 0 Å². The van der Waals surface area contributed by atoms with Crippen molar-refractivity contribution in [3.8, 4) is 0 Å². The van der Waals surface area contributed by atoms with Gasteiger partial charge in [-0.05, 0) is 12.1 Å². The van der Waals surface area contributed by atoms with E-state index < -0.39 is 23.8 Å². The number of carboxylic acids is 1. The fourth-order valence-corrected chi connectivity index (χ4v) is 1.49. The van der Waals surface area contributed by atoms with Gasteiger partial charge in [-0.3, -0.25) is 4.79 Å². The van der Waals surface area contributed by atoms with Crippen LogP contribution in [0.15, 0.2) is 18.2 Å². The molecule has 4 N–H and O–H groups in total. The van der Waals surface area contributed by atoms with Crippen molar-refractivity contribution in [3.05, 3.63) is 29.6 Å². The number of ether oxygens (including phenoxy) is 1. The van der Waals surface area contributed by atoms with Crippen LogP contribution in [0.5, 0.6) is 0 Å². The van der Waals surface area contributed by atoms with Gasteiger partial charge in [0, 0.05) is 13.7 Å². The van der Waals surface area contributed by atoms with E-state index in [4.69, 9.17) is 15.6 Å². The van der Waals surface area contributed by atoms with Gasteiger partial charge in [0.1, 0.15) is 5.82 Å². The van der Waals surface area contributed by atoms with Crippen molar-refractivity contribution in [1.82, 2.24) is 0 Å². The van der Waals surface area contributed by atoms with Crippen molar-refractivity contribution in [2.24, 2.45) is 5.73 Å². The van der Waals surface area contributed by atoms with Gasteiger partial charge in [-0.15, -0.1) is 0 Å². The van der Waals surface area contributed by atoms with E-state index in [-0.39, 0.29) is 24.2 Å². The predicted molar refractivity (Wildman–Crippen MR) is 66.5 cm³/mol. The van der Waals surface area contributed by atoms with Gasteiger partial charge < -0.3 is 20.9 Å². The van der Waals surface area contributed by atoms with E-state index in [1.807, 2.05) is 0 Å². The third-order valence-electron chi connectivity index (χ3n) is 2.52. The highest BCUT2D eigenvalue weighted by atomic mass is 19.1. The van der Waals surface area contributed by atoms with Crippen molar-refractivity contribution in [3.63, 3.8) is 0 Å². The highest BCUT2D eigenvalue weighted by Gasteiger charge is 2.18. The second-order valence-electron chi connectivity index (χ2n) is 3.81. The lowest BCUT2D eigenvalue weighted by molar-refractivity contribution is -0.118. The molecule has 0 heterocycles. The molecule has 1 aromatic carbocycles. The average Bonchev–Trinajstić information content (AvgIpc) is 2.38. The highest BCUT2D eigenvalue weighted by Crippen LogP contribution is 2.20. The summed E-state index contributed by atoms with van der Waals surface area (Å²) in [7, 11) is 1.40. The lowest BCUT2D eigenvalue weighted by atomic mass is 10.1. The fraction of sp³-hybridized carbons (Fsp3) is 0.333. The first-order chi connectivity index (χ1) is 8.99. The molecule has 19 heavy (non-hydrogen) atoms. The molecular formula is C12H15FN2O4. The monoisotopic (exact) mass is 270 g/mol. The van der Waals surface area contributed by atoms with Gasteiger partial charge in [-0.25, -0.2) is 9.18 Å². The number of hydrogen-bond acceptors (Lipinski definition) is 4. The summed E-state index contributed by atoms with van der Waals surface area (Å²) in [5.41, 5.74) is 4.69. The Hall–Kier alpha value is -1.99. The van der Waals surface area contributed by atoms with Gasteiger partial charge >= 0.3 is 5.97 Å². The van der Waals surface area contributed by atoms with Crippen molar-refractivity contribution in [2.75, 3.05) is 19.0 Å². The summed E-state index contributed by atoms with van der Waals surface area (Å²) in [4.78, 5) is 22.6. The van der Waals surface area contributed by atoms with Crippen molar-refractivity contribution < 1.29 is 23.8 Å². The Morgan fingerprint density at radius 1 is 1.53 bits per heavy atom. The Morgan fingerprint density at radius 3 is 2.74 bits per heavy atom. The van der Waals surface area contributed by atoms with Crippen LogP contribution in [0, 0.1) is 5.82 Å². The van der Waals surface area contributed by atoms with E-state index in [2.05, 4.69) is 5.32 Å². The molecule has 0 spiro atoms. The zero-order chi connectivity index (χ0) is 14.4. The van der Waals surface area contributed by atoms with E-state index in [1.54, 1.807) is 0 Å². The molecule has 0 aromatic heterocycles. The minimum absolute atomic E-state index is 0.0829. The molecule has 1 atom stereocenters. The maximum absolute atomic E-state index is 13.5. The normalized spacial score (nSPS) is 11.9. The van der Waals surface area contributed by atoms with Gasteiger partial charge in [0.05, 0.1) is 23.8 Å². The van der Waals surface area contributed by atoms with Gasteiger partial charge in [0.2, 0.25) is 5.91 Å². The van der Waals surface area contributed by atoms with E-state index >= 15 is 0 Å². The molecule has 6 nitrogen and oxygen atoms in total. The van der Waals surface area contributed by atoms with Gasteiger partial charge in [0.15, 0.2) is 0 Å². The van der Waals surface area contributed by atoms with Crippen molar-refractivity contribution >= 4 is 17.6 Å². The van der Waals surface area contributed by atoms with Crippen molar-refractivity contribution in [1.29, 1.82) is 0 Å². The molecule has 0 saturated carbocycles. The number of carboxylic acid groups (broad SMARTS) is 1. The molecule has 1 aromatic rings. The SMILES string of the molecule is COC(CN)CC(=O)Nc1c(F)cccc1C(=O)O. The van der Waals surface area contributed by atoms with Crippen LogP contribution in [-0.2, 0) is 9.53 Å². The number of halogens is 1. The number of aromatic carboxylic acids is 1. The molecule has 0 fully saturated rings. The van der Waals surface area contributed by atoms with Crippen LogP contribution in [0.4, 0.5) is 10.1 Å². The third-order valence-corrected chi connectivity index (χ3v) is 2.52. The van der Waals surface area contributed by atoms with Gasteiger partial charge in [-0.1, -0.05) is 6.07 Å². The van der Waals surface area contributed by atoms with Crippen LogP contribution in [0.25, 0.3) is 0 Å². The fourth-order valence-electron chi connectivity index (χ4n) is 1.49. The summed E-state index contributed by atoms with van der Waals surface area (Å²) >= 11 is 0.